The van der Waals surface area contributed by atoms with Gasteiger partial charge in [0, 0.05) is 54.5 Å². The number of aldehydes is 1. The zero-order chi connectivity index (χ0) is 34.9. The van der Waals surface area contributed by atoms with Gasteiger partial charge >= 0.3 is 0 Å². The van der Waals surface area contributed by atoms with Crippen molar-refractivity contribution in [2.45, 2.75) is 25.7 Å². The van der Waals surface area contributed by atoms with Crippen LogP contribution in [0.25, 0.3) is 0 Å². The lowest BCUT2D eigenvalue weighted by molar-refractivity contribution is -0.385. The molecule has 0 atom stereocenters. The quantitative estimate of drug-likeness (QED) is 0.128. The van der Waals surface area contributed by atoms with Crippen LogP contribution in [-0.4, -0.2) is 78.3 Å². The second kappa shape index (κ2) is 16.6. The maximum atomic E-state index is 12.3. The van der Waals surface area contributed by atoms with E-state index in [-0.39, 0.29) is 23.8 Å². The number of hydrogen-bond donors (Lipinski definition) is 0. The van der Waals surface area contributed by atoms with Crippen molar-refractivity contribution in [1.29, 1.82) is 0 Å². The first-order chi connectivity index (χ1) is 24.5. The maximum absolute atomic E-state index is 12.3. The Kier molecular flexibility index (Phi) is 11.6. The summed E-state index contributed by atoms with van der Waals surface area (Å²) in [6.07, 6.45) is 2.24. The second-order valence-electron chi connectivity index (χ2n) is 12.1. The van der Waals surface area contributed by atoms with Crippen molar-refractivity contribution in [2.24, 2.45) is 0 Å². The van der Waals surface area contributed by atoms with E-state index < -0.39 is 0 Å². The maximum Gasteiger partial charge on any atom is 0.270 e. The van der Waals surface area contributed by atoms with E-state index in [1.54, 1.807) is 26.4 Å². The number of ether oxygens (including phenoxy) is 7. The first-order valence-electron chi connectivity index (χ1n) is 16.7. The predicted octanol–water partition coefficient (Wildman–Crippen LogP) is 5.92. The number of hydrogen-bond acceptors (Lipinski definition) is 10. The molecule has 4 aromatic carbocycles. The summed E-state index contributed by atoms with van der Waals surface area (Å²) in [4.78, 5) is 24.2. The van der Waals surface area contributed by atoms with Crippen molar-refractivity contribution in [3.05, 3.63) is 121 Å². The molecule has 0 N–H and O–H groups in total. The lowest BCUT2D eigenvalue weighted by Crippen LogP contribution is -2.16. The third-order valence-corrected chi connectivity index (χ3v) is 8.82. The van der Waals surface area contributed by atoms with Gasteiger partial charge in [-0.15, -0.1) is 0 Å². The molecule has 10 bridgehead atoms. The van der Waals surface area contributed by atoms with Crippen LogP contribution in [0.5, 0.6) is 23.0 Å². The number of benzene rings is 4. The topological polar surface area (TPSA) is 125 Å². The fourth-order valence-electron chi connectivity index (χ4n) is 6.71. The van der Waals surface area contributed by atoms with E-state index in [1.165, 1.54) is 0 Å². The molecule has 262 valence electrons. The van der Waals surface area contributed by atoms with Gasteiger partial charge < -0.3 is 33.2 Å². The van der Waals surface area contributed by atoms with Crippen LogP contribution in [0.3, 0.4) is 0 Å². The fraction of sp³-hybridized carbons (Fsp3) is 0.359. The lowest BCUT2D eigenvalue weighted by atomic mass is 9.90. The average Bonchev–Trinajstić information content (AvgIpc) is 3.11. The highest BCUT2D eigenvalue weighted by Crippen LogP contribution is 2.40. The zero-order valence-electron chi connectivity index (χ0n) is 28.4. The molecule has 0 aromatic heterocycles. The monoisotopic (exact) mass is 683 g/mol. The molecule has 0 fully saturated rings. The Bertz CT molecular complexity index is 1740. The van der Waals surface area contributed by atoms with Crippen molar-refractivity contribution in [2.75, 3.05) is 67.1 Å². The highest BCUT2D eigenvalue weighted by Gasteiger charge is 2.24. The number of nitrogens with zero attached hydrogens (tertiary/aromatic N) is 1. The number of rotatable bonds is 4. The smallest absolute Gasteiger partial charge is 0.270 e. The van der Waals surface area contributed by atoms with Crippen LogP contribution < -0.4 is 18.9 Å². The molecule has 6 rings (SSSR count). The SMILES string of the molecule is COc1c2cccc1Cc1cc([N+](=O)[O-])cc3c1OCCOCCOCCOCCOc1c(cc(C=O)cc1Cc1cccc(c1OC)C3)C2. The van der Waals surface area contributed by atoms with Gasteiger partial charge in [0.05, 0.1) is 58.8 Å². The van der Waals surface area contributed by atoms with Crippen molar-refractivity contribution < 1.29 is 42.9 Å². The number of fused-ring (bicyclic) bond motifs is 2. The Morgan fingerprint density at radius 2 is 0.940 bits per heavy atom. The number of non-ortho nitro benzene ring substituents is 1. The Labute approximate surface area is 291 Å². The largest absolute Gasteiger partial charge is 0.496 e. The molecule has 0 amide bonds. The highest BCUT2D eigenvalue weighted by molar-refractivity contribution is 5.77. The number of nitro groups is 1. The number of nitro benzene ring substituents is 1. The third kappa shape index (κ3) is 8.07. The van der Waals surface area contributed by atoms with Gasteiger partial charge in [-0.3, -0.25) is 14.9 Å². The van der Waals surface area contributed by atoms with Crippen molar-refractivity contribution in [3.63, 3.8) is 0 Å². The lowest BCUT2D eigenvalue weighted by Gasteiger charge is -2.22. The predicted molar refractivity (Wildman–Crippen MR) is 186 cm³/mol. The molecule has 1 aliphatic heterocycles. The van der Waals surface area contributed by atoms with E-state index in [9.17, 15) is 14.9 Å². The van der Waals surface area contributed by atoms with Gasteiger partial charge in [0.2, 0.25) is 0 Å². The van der Waals surface area contributed by atoms with Crippen molar-refractivity contribution >= 4 is 12.0 Å². The molecule has 11 nitrogen and oxygen atoms in total. The second-order valence-corrected chi connectivity index (χ2v) is 12.1. The molecule has 0 radical (unpaired) electrons. The van der Waals surface area contributed by atoms with Crippen LogP contribution in [0.1, 0.15) is 54.9 Å². The molecule has 1 heterocycles. The van der Waals surface area contributed by atoms with Crippen molar-refractivity contribution in [1.82, 2.24) is 0 Å². The number of carbonyl (C=O) groups is 1. The average molecular weight is 684 g/mol. The van der Waals surface area contributed by atoms with Gasteiger partial charge in [0.25, 0.3) is 5.69 Å². The molecule has 50 heavy (non-hydrogen) atoms. The molecular formula is C39H41NO10. The number of carbonyl (C=O) groups excluding carboxylic acids is 1. The molecule has 2 aliphatic rings. The van der Waals surface area contributed by atoms with Crippen LogP contribution in [0.15, 0.2) is 60.7 Å². The molecule has 0 saturated heterocycles. The summed E-state index contributed by atoms with van der Waals surface area (Å²) in [7, 11) is 3.23. The van der Waals surface area contributed by atoms with E-state index in [1.807, 2.05) is 48.5 Å². The van der Waals surface area contributed by atoms with Gasteiger partial charge in [0.1, 0.15) is 42.5 Å². The van der Waals surface area contributed by atoms with E-state index >= 15 is 0 Å². The van der Waals surface area contributed by atoms with E-state index in [0.29, 0.717) is 105 Å². The Hall–Kier alpha value is -4.97. The molecule has 1 aliphatic carbocycles. The molecule has 4 aromatic rings. The Morgan fingerprint density at radius 3 is 1.28 bits per heavy atom. The van der Waals surface area contributed by atoms with Gasteiger partial charge in [-0.05, 0) is 45.5 Å². The first kappa shape index (κ1) is 34.9. The van der Waals surface area contributed by atoms with Crippen LogP contribution in [0.4, 0.5) is 5.69 Å². The van der Waals surface area contributed by atoms with E-state index in [2.05, 4.69) is 0 Å². The minimum Gasteiger partial charge on any atom is -0.496 e. The van der Waals surface area contributed by atoms with Gasteiger partial charge in [-0.1, -0.05) is 36.4 Å². The summed E-state index contributed by atoms with van der Waals surface area (Å²) in [5.41, 5.74) is 6.79. The van der Waals surface area contributed by atoms with Crippen LogP contribution in [-0.2, 0) is 39.9 Å². The Balaban J connectivity index is 1.60. The third-order valence-electron chi connectivity index (χ3n) is 8.82. The summed E-state index contributed by atoms with van der Waals surface area (Å²) in [5, 5.41) is 12.3. The van der Waals surface area contributed by atoms with E-state index in [4.69, 9.17) is 33.2 Å². The van der Waals surface area contributed by atoms with Crippen molar-refractivity contribution in [3.8, 4) is 23.0 Å². The molecule has 0 spiro atoms. The van der Waals surface area contributed by atoms with Crippen LogP contribution >= 0.6 is 0 Å². The molecule has 0 saturated carbocycles. The summed E-state index contributed by atoms with van der Waals surface area (Å²) >= 11 is 0. The minimum absolute atomic E-state index is 0.0364. The summed E-state index contributed by atoms with van der Waals surface area (Å²) in [6.45, 7) is 2.74. The van der Waals surface area contributed by atoms with Gasteiger partial charge in [-0.2, -0.15) is 0 Å². The normalized spacial score (nSPS) is 15.6. The standard InChI is InChI=1S/C39H41NO10/c1-44-36-27-5-3-7-29(36)21-33-23-35(40(42)43)24-34-22-30-8-4-6-28(37(30)45-2)20-32-18-26(25-41)17-31(19-27)38(32)49-15-13-47-11-9-46-10-12-48-14-16-50-39(33)34/h3-8,17-18,23-25H,9-16,19-22H2,1-2H3. The molecule has 11 heteroatoms. The highest BCUT2D eigenvalue weighted by atomic mass is 16.6. The number of methoxy groups -OCH3 is 2. The van der Waals surface area contributed by atoms with Gasteiger partial charge in [0.15, 0.2) is 0 Å². The van der Waals surface area contributed by atoms with Crippen LogP contribution in [0, 0.1) is 10.1 Å². The summed E-state index contributed by atoms with van der Waals surface area (Å²) < 4.78 is 42.2. The minimum atomic E-state index is -0.377. The summed E-state index contributed by atoms with van der Waals surface area (Å²) in [5.74, 6) is 2.50. The van der Waals surface area contributed by atoms with Crippen LogP contribution in [0.2, 0.25) is 0 Å². The first-order valence-corrected chi connectivity index (χ1v) is 16.7. The molecular weight excluding hydrogens is 642 g/mol. The van der Waals surface area contributed by atoms with E-state index in [0.717, 1.165) is 39.7 Å². The number of para-hydroxylation sites is 2. The fourth-order valence-corrected chi connectivity index (χ4v) is 6.71. The summed E-state index contributed by atoms with van der Waals surface area (Å²) in [6, 6.07) is 18.6. The molecule has 0 unspecified atom stereocenters. The van der Waals surface area contributed by atoms with Gasteiger partial charge in [-0.25, -0.2) is 0 Å². The zero-order valence-corrected chi connectivity index (χ0v) is 28.4. The Morgan fingerprint density at radius 1 is 0.580 bits per heavy atom.